The molecule has 0 bridgehead atoms. The first-order chi connectivity index (χ1) is 11.5. The maximum atomic E-state index is 12.4. The van der Waals surface area contributed by atoms with Crippen molar-refractivity contribution >= 4 is 25.9 Å². The molecule has 0 aliphatic rings. The highest BCUT2D eigenvalue weighted by Gasteiger charge is 2.22. The van der Waals surface area contributed by atoms with Crippen molar-refractivity contribution in [2.75, 3.05) is 23.7 Å². The number of nitrogens with zero attached hydrogens (tertiary/aromatic N) is 2. The van der Waals surface area contributed by atoms with E-state index in [-0.39, 0.29) is 23.8 Å². The number of rotatable bonds is 7. The van der Waals surface area contributed by atoms with Crippen LogP contribution in [0.1, 0.15) is 16.9 Å². The summed E-state index contributed by atoms with van der Waals surface area (Å²) >= 11 is 0. The Bertz CT molecular complexity index is 965. The van der Waals surface area contributed by atoms with Gasteiger partial charge in [0.15, 0.2) is 5.82 Å². The molecule has 0 atom stereocenters. The van der Waals surface area contributed by atoms with Crippen LogP contribution in [-0.4, -0.2) is 41.3 Å². The molecule has 0 aliphatic heterocycles. The molecule has 0 spiro atoms. The molecule has 0 unspecified atom stereocenters. The van der Waals surface area contributed by atoms with Crippen LogP contribution in [0.4, 0.5) is 5.82 Å². The first kappa shape index (κ1) is 19.4. The zero-order valence-corrected chi connectivity index (χ0v) is 16.1. The Labute approximate surface area is 147 Å². The van der Waals surface area contributed by atoms with E-state index in [1.54, 1.807) is 26.0 Å². The van der Waals surface area contributed by atoms with E-state index in [1.165, 1.54) is 12.1 Å². The van der Waals surface area contributed by atoms with Crippen molar-refractivity contribution in [3.63, 3.8) is 0 Å². The molecule has 0 saturated heterocycles. The molecule has 8 nitrogen and oxygen atoms in total. The van der Waals surface area contributed by atoms with Gasteiger partial charge in [-0.05, 0) is 32.4 Å². The third kappa shape index (κ3) is 4.80. The van der Waals surface area contributed by atoms with E-state index in [1.807, 2.05) is 6.92 Å². The summed E-state index contributed by atoms with van der Waals surface area (Å²) in [6, 6.07) is 6.49. The third-order valence-electron chi connectivity index (χ3n) is 3.50. The molecule has 25 heavy (non-hydrogen) atoms. The lowest BCUT2D eigenvalue weighted by Crippen LogP contribution is -2.38. The Kier molecular flexibility index (Phi) is 5.55. The predicted molar refractivity (Wildman–Crippen MR) is 94.5 cm³/mol. The minimum Gasteiger partial charge on any atom is -0.360 e. The molecule has 0 aliphatic carbocycles. The van der Waals surface area contributed by atoms with Crippen molar-refractivity contribution in [2.45, 2.75) is 25.7 Å². The van der Waals surface area contributed by atoms with Crippen LogP contribution in [0.15, 0.2) is 33.7 Å². The summed E-state index contributed by atoms with van der Waals surface area (Å²) in [5, 5.41) is 3.67. The highest BCUT2D eigenvalue weighted by Crippen LogP contribution is 2.18. The molecule has 1 N–H and O–H groups in total. The van der Waals surface area contributed by atoms with Crippen molar-refractivity contribution in [3.8, 4) is 0 Å². The van der Waals surface area contributed by atoms with Crippen LogP contribution < -0.4 is 9.03 Å². The number of nitrogens with one attached hydrogen (secondary N) is 1. The lowest BCUT2D eigenvalue weighted by atomic mass is 10.2. The monoisotopic (exact) mass is 387 g/mol. The number of hydrogen-bond donors (Lipinski definition) is 1. The number of benzene rings is 1. The van der Waals surface area contributed by atoms with Crippen LogP contribution in [0, 0.1) is 20.8 Å². The molecule has 1 aromatic heterocycles. The van der Waals surface area contributed by atoms with E-state index in [2.05, 4.69) is 9.88 Å². The van der Waals surface area contributed by atoms with Gasteiger partial charge in [0.25, 0.3) is 0 Å². The minimum absolute atomic E-state index is 0.102. The largest absolute Gasteiger partial charge is 0.360 e. The molecule has 0 radical (unpaired) electrons. The Balaban J connectivity index is 2.14. The highest BCUT2D eigenvalue weighted by atomic mass is 32.2. The van der Waals surface area contributed by atoms with Crippen molar-refractivity contribution in [1.29, 1.82) is 0 Å². The summed E-state index contributed by atoms with van der Waals surface area (Å²) in [4.78, 5) is 0.168. The summed E-state index contributed by atoms with van der Waals surface area (Å²) in [6.07, 6.45) is 1.02. The van der Waals surface area contributed by atoms with E-state index >= 15 is 0 Å². The zero-order valence-electron chi connectivity index (χ0n) is 14.5. The van der Waals surface area contributed by atoms with Gasteiger partial charge in [0.2, 0.25) is 20.0 Å². The smallest absolute Gasteiger partial charge is 0.240 e. The van der Waals surface area contributed by atoms with Gasteiger partial charge in [0, 0.05) is 19.2 Å². The summed E-state index contributed by atoms with van der Waals surface area (Å²) in [5.41, 5.74) is 1.58. The quantitative estimate of drug-likeness (QED) is 0.768. The summed E-state index contributed by atoms with van der Waals surface area (Å²) < 4.78 is 57.0. The van der Waals surface area contributed by atoms with Gasteiger partial charge in [0.1, 0.15) is 5.76 Å². The van der Waals surface area contributed by atoms with E-state index in [4.69, 9.17) is 4.52 Å². The van der Waals surface area contributed by atoms with E-state index < -0.39 is 20.0 Å². The fraction of sp³-hybridized carbons (Fsp3) is 0.400. The van der Waals surface area contributed by atoms with E-state index in [0.29, 0.717) is 11.3 Å². The number of anilines is 1. The molecular weight excluding hydrogens is 366 g/mol. The minimum atomic E-state index is -3.74. The first-order valence-corrected chi connectivity index (χ1v) is 10.8. The highest BCUT2D eigenvalue weighted by molar-refractivity contribution is 7.92. The fourth-order valence-electron chi connectivity index (χ4n) is 2.38. The van der Waals surface area contributed by atoms with Gasteiger partial charge >= 0.3 is 0 Å². The Morgan fingerprint density at radius 2 is 1.80 bits per heavy atom. The van der Waals surface area contributed by atoms with Crippen LogP contribution in [0.3, 0.4) is 0 Å². The first-order valence-electron chi connectivity index (χ1n) is 7.48. The normalized spacial score (nSPS) is 12.3. The second-order valence-electron chi connectivity index (χ2n) is 5.80. The Hall–Kier alpha value is -1.91. The maximum absolute atomic E-state index is 12.4. The summed E-state index contributed by atoms with van der Waals surface area (Å²) in [5.74, 6) is 0.574. The topological polar surface area (TPSA) is 110 Å². The molecule has 1 aromatic carbocycles. The number of aromatic nitrogens is 1. The van der Waals surface area contributed by atoms with Gasteiger partial charge in [-0.1, -0.05) is 22.9 Å². The third-order valence-corrected chi connectivity index (χ3v) is 6.29. The molecule has 0 amide bonds. The van der Waals surface area contributed by atoms with Crippen molar-refractivity contribution in [1.82, 2.24) is 9.88 Å². The number of hydrogen-bond acceptors (Lipinski definition) is 6. The van der Waals surface area contributed by atoms with Gasteiger partial charge in [-0.3, -0.25) is 0 Å². The molecule has 1 heterocycles. The molecule has 10 heteroatoms. The van der Waals surface area contributed by atoms with E-state index in [0.717, 1.165) is 16.1 Å². The molecule has 0 saturated carbocycles. The van der Waals surface area contributed by atoms with Crippen LogP contribution >= 0.6 is 0 Å². The lowest BCUT2D eigenvalue weighted by molar-refractivity contribution is 0.398. The predicted octanol–water partition coefficient (Wildman–Crippen LogP) is 1.34. The fourth-order valence-corrected chi connectivity index (χ4v) is 4.48. The number of sulfonamides is 2. The van der Waals surface area contributed by atoms with Crippen molar-refractivity contribution in [3.05, 3.63) is 41.2 Å². The van der Waals surface area contributed by atoms with Gasteiger partial charge in [-0.15, -0.1) is 0 Å². The summed E-state index contributed by atoms with van der Waals surface area (Å²) in [6.45, 7) is 5.02. The van der Waals surface area contributed by atoms with Crippen molar-refractivity contribution < 1.29 is 21.4 Å². The second kappa shape index (κ2) is 7.14. The molecular formula is C15H21N3O5S2. The average Bonchev–Trinajstić information content (AvgIpc) is 2.87. The summed E-state index contributed by atoms with van der Waals surface area (Å²) in [7, 11) is -7.37. The lowest BCUT2D eigenvalue weighted by Gasteiger charge is -2.19. The average molecular weight is 387 g/mol. The van der Waals surface area contributed by atoms with Crippen LogP contribution in [0.5, 0.6) is 0 Å². The molecule has 2 rings (SSSR count). The van der Waals surface area contributed by atoms with Crippen LogP contribution in [0.2, 0.25) is 0 Å². The Morgan fingerprint density at radius 3 is 2.32 bits per heavy atom. The standard InChI is InChI=1S/C15H21N3O5S2/c1-11-5-6-14(12(2)9-11)25(21,22)16-7-8-18(24(4,19)20)15-10-13(3)23-17-15/h5-6,9-10,16H,7-8H2,1-4H3. The zero-order chi connectivity index (χ0) is 18.8. The van der Waals surface area contributed by atoms with Crippen LogP contribution in [0.25, 0.3) is 0 Å². The van der Waals surface area contributed by atoms with Gasteiger partial charge in [-0.2, -0.15) is 0 Å². The van der Waals surface area contributed by atoms with Crippen molar-refractivity contribution in [2.24, 2.45) is 0 Å². The molecule has 138 valence electrons. The second-order valence-corrected chi connectivity index (χ2v) is 9.44. The van der Waals surface area contributed by atoms with Gasteiger partial charge < -0.3 is 4.52 Å². The molecule has 0 fully saturated rings. The van der Waals surface area contributed by atoms with Gasteiger partial charge in [0.05, 0.1) is 11.2 Å². The Morgan fingerprint density at radius 1 is 1.12 bits per heavy atom. The van der Waals surface area contributed by atoms with Gasteiger partial charge in [-0.25, -0.2) is 25.9 Å². The SMILES string of the molecule is Cc1ccc(S(=O)(=O)NCCN(c2cc(C)on2)S(C)(=O)=O)c(C)c1. The van der Waals surface area contributed by atoms with E-state index in [9.17, 15) is 16.8 Å². The maximum Gasteiger partial charge on any atom is 0.240 e. The molecule has 2 aromatic rings. The van der Waals surface area contributed by atoms with Crippen LogP contribution in [-0.2, 0) is 20.0 Å². The number of aryl methyl sites for hydroxylation is 3.